The average molecular weight is 453 g/mol. The first-order valence-electron chi connectivity index (χ1n) is 11.0. The van der Waals surface area contributed by atoms with Crippen molar-refractivity contribution < 1.29 is 9.53 Å². The number of thiophene rings is 1. The van der Waals surface area contributed by atoms with Crippen molar-refractivity contribution in [3.8, 4) is 0 Å². The predicted molar refractivity (Wildman–Crippen MR) is 126 cm³/mol. The van der Waals surface area contributed by atoms with Gasteiger partial charge in [-0.2, -0.15) is 0 Å². The summed E-state index contributed by atoms with van der Waals surface area (Å²) in [7, 11) is 1.78. The van der Waals surface area contributed by atoms with Gasteiger partial charge < -0.3 is 20.7 Å². The van der Waals surface area contributed by atoms with Crippen molar-refractivity contribution in [1.29, 1.82) is 0 Å². The number of hydrogen-bond acceptors (Lipinski definition) is 8. The van der Waals surface area contributed by atoms with Gasteiger partial charge in [0.1, 0.15) is 21.0 Å². The van der Waals surface area contributed by atoms with Crippen molar-refractivity contribution in [3.05, 3.63) is 40.2 Å². The van der Waals surface area contributed by atoms with E-state index in [1.165, 1.54) is 16.9 Å². The molecule has 3 aromatic rings. The third kappa shape index (κ3) is 3.80. The molecule has 3 aromatic heterocycles. The van der Waals surface area contributed by atoms with Crippen molar-refractivity contribution in [3.63, 3.8) is 0 Å². The molecule has 2 aliphatic rings. The number of anilines is 2. The Morgan fingerprint density at radius 1 is 1.31 bits per heavy atom. The topological polar surface area (TPSA) is 106 Å². The van der Waals surface area contributed by atoms with Crippen molar-refractivity contribution in [2.24, 2.45) is 5.92 Å². The maximum absolute atomic E-state index is 12.9. The number of methoxy groups -OCH3 is 1. The van der Waals surface area contributed by atoms with Crippen LogP contribution in [0, 0.1) is 12.8 Å². The third-order valence-corrected chi connectivity index (χ3v) is 7.61. The maximum atomic E-state index is 12.9. The number of pyridine rings is 1. The number of nitrogens with two attached hydrogens (primary N) is 1. The Morgan fingerprint density at radius 3 is 2.94 bits per heavy atom. The Hall–Kier alpha value is -2.78. The van der Waals surface area contributed by atoms with Crippen LogP contribution < -0.4 is 16.0 Å². The summed E-state index contributed by atoms with van der Waals surface area (Å²) >= 11 is 1.30. The van der Waals surface area contributed by atoms with E-state index in [1.807, 2.05) is 6.92 Å². The second-order valence-corrected chi connectivity index (χ2v) is 9.85. The molecular weight excluding hydrogens is 424 g/mol. The number of fused-ring (bicyclic) bond motifs is 2. The molecule has 3 N–H and O–H groups in total. The number of aromatic nitrogens is 3. The summed E-state index contributed by atoms with van der Waals surface area (Å²) in [4.78, 5) is 30.2. The lowest BCUT2D eigenvalue weighted by atomic mass is 9.91. The number of nitrogens with one attached hydrogen (secondary N) is 1. The van der Waals surface area contributed by atoms with Crippen LogP contribution in [0.15, 0.2) is 18.3 Å². The predicted octanol–water partition coefficient (Wildman–Crippen LogP) is 2.74. The van der Waals surface area contributed by atoms with E-state index in [0.29, 0.717) is 26.8 Å². The minimum atomic E-state index is -0.153. The van der Waals surface area contributed by atoms with Gasteiger partial charge in [-0.3, -0.25) is 4.79 Å². The molecule has 0 spiro atoms. The van der Waals surface area contributed by atoms with Gasteiger partial charge in [-0.15, -0.1) is 11.3 Å². The van der Waals surface area contributed by atoms with Crippen LogP contribution in [-0.4, -0.2) is 53.2 Å². The molecule has 32 heavy (non-hydrogen) atoms. The van der Waals surface area contributed by atoms with E-state index in [9.17, 15) is 4.79 Å². The average Bonchev–Trinajstić information content (AvgIpc) is 3.32. The van der Waals surface area contributed by atoms with E-state index in [0.717, 1.165) is 49.6 Å². The maximum Gasteiger partial charge on any atom is 0.263 e. The van der Waals surface area contributed by atoms with Crippen LogP contribution in [0.1, 0.15) is 40.0 Å². The first-order valence-corrected chi connectivity index (χ1v) is 11.8. The van der Waals surface area contributed by atoms with E-state index in [-0.39, 0.29) is 18.1 Å². The number of ether oxygens (including phenoxy) is 1. The standard InChI is InChI=1S/C23H28N6O2S/c1-12-10-29(11-17(12)31-3)18-7-4-14-8-15(5-6-16(14)28-18)27-22(30)21-19(24)20-23(32-21)26-13(2)9-25-20/h4,7,9,12,15,17H,5-6,8,10-11,24H2,1-3H3,(H,27,30)/t12-,15+,17-/m0/s1. The Morgan fingerprint density at radius 2 is 2.16 bits per heavy atom. The van der Waals surface area contributed by atoms with Crippen molar-refractivity contribution in [2.45, 2.75) is 45.3 Å². The normalized spacial score (nSPS) is 22.8. The lowest BCUT2D eigenvalue weighted by Gasteiger charge is -2.26. The Bertz CT molecular complexity index is 1180. The Labute approximate surface area is 191 Å². The minimum Gasteiger partial charge on any atom is -0.396 e. The summed E-state index contributed by atoms with van der Waals surface area (Å²) in [5.74, 6) is 1.36. The molecule has 1 fully saturated rings. The SMILES string of the molecule is CO[C@H]1CN(c2ccc3c(n2)CC[C@@H](NC(=O)c2sc4nc(C)cnc4c2N)C3)C[C@@H]1C. The summed E-state index contributed by atoms with van der Waals surface area (Å²) < 4.78 is 5.58. The molecular formula is C23H28N6O2S. The zero-order valence-corrected chi connectivity index (χ0v) is 19.4. The van der Waals surface area contributed by atoms with Crippen LogP contribution in [0.25, 0.3) is 10.3 Å². The Kier molecular flexibility index (Phi) is 5.46. The zero-order valence-electron chi connectivity index (χ0n) is 18.6. The number of rotatable bonds is 4. The highest BCUT2D eigenvalue weighted by molar-refractivity contribution is 7.21. The van der Waals surface area contributed by atoms with Crippen LogP contribution in [0.4, 0.5) is 11.5 Å². The van der Waals surface area contributed by atoms with Crippen LogP contribution in [0.3, 0.4) is 0 Å². The summed E-state index contributed by atoms with van der Waals surface area (Å²) in [6, 6.07) is 4.31. The van der Waals surface area contributed by atoms with Crippen LogP contribution in [0.5, 0.6) is 0 Å². The molecule has 0 bridgehead atoms. The Balaban J connectivity index is 1.28. The highest BCUT2D eigenvalue weighted by atomic mass is 32.1. The smallest absolute Gasteiger partial charge is 0.263 e. The molecule has 1 amide bonds. The van der Waals surface area contributed by atoms with Gasteiger partial charge in [0.05, 0.1) is 17.5 Å². The molecule has 1 aliphatic carbocycles. The molecule has 0 radical (unpaired) electrons. The first kappa shape index (κ1) is 21.1. The zero-order chi connectivity index (χ0) is 22.4. The summed E-state index contributed by atoms with van der Waals surface area (Å²) in [6.45, 7) is 5.93. The van der Waals surface area contributed by atoms with Crippen LogP contribution in [0.2, 0.25) is 0 Å². The van der Waals surface area contributed by atoms with E-state index >= 15 is 0 Å². The minimum absolute atomic E-state index is 0.0552. The largest absolute Gasteiger partial charge is 0.396 e. The fraction of sp³-hybridized carbons (Fsp3) is 0.478. The molecule has 1 saturated heterocycles. The molecule has 4 heterocycles. The van der Waals surface area contributed by atoms with Gasteiger partial charge in [0, 0.05) is 44.0 Å². The van der Waals surface area contributed by atoms with Gasteiger partial charge in [-0.05, 0) is 37.8 Å². The molecule has 8 nitrogen and oxygen atoms in total. The van der Waals surface area contributed by atoms with E-state index < -0.39 is 0 Å². The fourth-order valence-electron chi connectivity index (χ4n) is 4.72. The van der Waals surface area contributed by atoms with E-state index in [1.54, 1.807) is 13.3 Å². The van der Waals surface area contributed by atoms with Crippen LogP contribution in [-0.2, 0) is 17.6 Å². The van der Waals surface area contributed by atoms with E-state index in [2.05, 4.69) is 39.2 Å². The molecule has 0 unspecified atom stereocenters. The first-order chi connectivity index (χ1) is 15.4. The molecule has 0 aromatic carbocycles. The molecule has 3 atom stereocenters. The monoisotopic (exact) mass is 452 g/mol. The number of amides is 1. The lowest BCUT2D eigenvalue weighted by molar-refractivity contribution is 0.0899. The van der Waals surface area contributed by atoms with Crippen molar-refractivity contribution in [2.75, 3.05) is 30.8 Å². The lowest BCUT2D eigenvalue weighted by Crippen LogP contribution is -2.39. The van der Waals surface area contributed by atoms with E-state index in [4.69, 9.17) is 15.5 Å². The molecule has 168 valence electrons. The van der Waals surface area contributed by atoms with Gasteiger partial charge in [-0.1, -0.05) is 13.0 Å². The number of hydrogen-bond donors (Lipinski definition) is 2. The second-order valence-electron chi connectivity index (χ2n) is 8.85. The number of carbonyl (C=O) groups excluding carboxylic acids is 1. The number of nitrogens with zero attached hydrogens (tertiary/aromatic N) is 4. The number of aryl methyl sites for hydroxylation is 2. The highest BCUT2D eigenvalue weighted by Crippen LogP contribution is 2.32. The van der Waals surface area contributed by atoms with Gasteiger partial charge >= 0.3 is 0 Å². The van der Waals surface area contributed by atoms with Crippen molar-refractivity contribution in [1.82, 2.24) is 20.3 Å². The number of carbonyl (C=O) groups is 1. The van der Waals surface area contributed by atoms with Crippen molar-refractivity contribution >= 4 is 39.1 Å². The molecule has 1 aliphatic heterocycles. The van der Waals surface area contributed by atoms with Gasteiger partial charge in [0.15, 0.2) is 0 Å². The third-order valence-electron chi connectivity index (χ3n) is 6.52. The summed E-state index contributed by atoms with van der Waals surface area (Å²) in [5.41, 5.74) is 10.3. The van der Waals surface area contributed by atoms with Crippen LogP contribution >= 0.6 is 11.3 Å². The van der Waals surface area contributed by atoms with Gasteiger partial charge in [0.2, 0.25) is 0 Å². The molecule has 0 saturated carbocycles. The summed E-state index contributed by atoms with van der Waals surface area (Å²) in [5, 5.41) is 3.16. The molecule has 5 rings (SSSR count). The van der Waals surface area contributed by atoms with Gasteiger partial charge in [0.25, 0.3) is 5.91 Å². The summed E-state index contributed by atoms with van der Waals surface area (Å²) in [6.07, 6.45) is 4.39. The fourth-order valence-corrected chi connectivity index (χ4v) is 5.72. The van der Waals surface area contributed by atoms with Gasteiger partial charge in [-0.25, -0.2) is 15.0 Å². The number of nitrogen functional groups attached to an aromatic ring is 1. The highest BCUT2D eigenvalue weighted by Gasteiger charge is 2.31. The second kappa shape index (κ2) is 8.29. The molecule has 9 heteroatoms. The quantitative estimate of drug-likeness (QED) is 0.627.